The fraction of sp³-hybridized carbons (Fsp3) is 0.308. The van der Waals surface area contributed by atoms with Gasteiger partial charge in [0, 0.05) is 12.1 Å². The first kappa shape index (κ1) is 12.3. The molecule has 0 atom stereocenters. The van der Waals surface area contributed by atoms with Crippen molar-refractivity contribution in [1.82, 2.24) is 15.2 Å². The number of nitrogens with one attached hydrogen (secondary N) is 2. The van der Waals surface area contributed by atoms with Crippen molar-refractivity contribution in [2.75, 3.05) is 5.32 Å². The number of benzene rings is 1. The lowest BCUT2D eigenvalue weighted by Gasteiger charge is -2.08. The van der Waals surface area contributed by atoms with Crippen molar-refractivity contribution in [3.63, 3.8) is 0 Å². The zero-order valence-corrected chi connectivity index (χ0v) is 10.7. The van der Waals surface area contributed by atoms with Crippen LogP contribution in [-0.4, -0.2) is 21.1 Å². The number of carbonyl (C=O) groups is 1. The van der Waals surface area contributed by atoms with Gasteiger partial charge in [-0.2, -0.15) is 0 Å². The van der Waals surface area contributed by atoms with E-state index in [0.717, 1.165) is 23.2 Å². The van der Waals surface area contributed by atoms with E-state index < -0.39 is 0 Å². The number of hydrogen-bond acceptors (Lipinski definition) is 3. The maximum absolute atomic E-state index is 12.0. The fourth-order valence-electron chi connectivity index (χ4n) is 1.62. The third-order valence-corrected chi connectivity index (χ3v) is 2.92. The summed E-state index contributed by atoms with van der Waals surface area (Å²) in [4.78, 5) is 16.0. The molecule has 0 aliphatic carbocycles. The van der Waals surface area contributed by atoms with Crippen LogP contribution in [0.1, 0.15) is 34.5 Å². The van der Waals surface area contributed by atoms with Gasteiger partial charge in [-0.1, -0.05) is 19.1 Å². The Hall–Kier alpha value is -2.17. The molecule has 0 saturated heterocycles. The number of aryl methyl sites for hydroxylation is 2. The highest BCUT2D eigenvalue weighted by molar-refractivity contribution is 6.02. The maximum Gasteiger partial charge on any atom is 0.295 e. The van der Waals surface area contributed by atoms with Gasteiger partial charge in [0.15, 0.2) is 0 Å². The van der Waals surface area contributed by atoms with Crippen molar-refractivity contribution in [1.29, 1.82) is 0 Å². The van der Waals surface area contributed by atoms with Crippen LogP contribution in [0.25, 0.3) is 0 Å². The molecule has 0 aliphatic heterocycles. The molecule has 18 heavy (non-hydrogen) atoms. The average Bonchev–Trinajstić information content (AvgIpc) is 2.83. The van der Waals surface area contributed by atoms with Gasteiger partial charge in [-0.05, 0) is 31.0 Å². The fourth-order valence-corrected chi connectivity index (χ4v) is 1.62. The van der Waals surface area contributed by atoms with Crippen LogP contribution in [0, 0.1) is 13.8 Å². The Morgan fingerprint density at radius 2 is 2.17 bits per heavy atom. The highest BCUT2D eigenvalue weighted by atomic mass is 16.2. The molecule has 0 bridgehead atoms. The number of carbonyl (C=O) groups excluding carboxylic acids is 1. The minimum absolute atomic E-state index is 0.174. The van der Waals surface area contributed by atoms with E-state index in [1.165, 1.54) is 0 Å². The molecule has 2 N–H and O–H groups in total. The first-order valence-corrected chi connectivity index (χ1v) is 5.90. The van der Waals surface area contributed by atoms with E-state index in [1.54, 1.807) is 0 Å². The monoisotopic (exact) mass is 244 g/mol. The maximum atomic E-state index is 12.0. The molecule has 0 aliphatic rings. The molecular weight excluding hydrogens is 228 g/mol. The Bertz CT molecular complexity index is 574. The molecule has 1 amide bonds. The molecule has 0 fully saturated rings. The lowest BCUT2D eigenvalue weighted by Crippen LogP contribution is -2.14. The minimum atomic E-state index is -0.292. The van der Waals surface area contributed by atoms with Crippen molar-refractivity contribution in [2.24, 2.45) is 0 Å². The SMILES string of the molecule is CCc1nc(C(=O)Nc2cccc(C)c2C)n[nH]1. The van der Waals surface area contributed by atoms with E-state index in [1.807, 2.05) is 39.0 Å². The summed E-state index contributed by atoms with van der Waals surface area (Å²) in [5, 5.41) is 9.43. The highest BCUT2D eigenvalue weighted by Gasteiger charge is 2.13. The Labute approximate surface area is 106 Å². The topological polar surface area (TPSA) is 70.7 Å². The molecule has 1 heterocycles. The van der Waals surface area contributed by atoms with Gasteiger partial charge >= 0.3 is 0 Å². The standard InChI is InChI=1S/C13H16N4O/c1-4-11-15-12(17-16-11)13(18)14-10-7-5-6-8(2)9(10)3/h5-7H,4H2,1-3H3,(H,14,18)(H,15,16,17). The van der Waals surface area contributed by atoms with Crippen molar-refractivity contribution < 1.29 is 4.79 Å². The van der Waals surface area contributed by atoms with Gasteiger partial charge in [-0.3, -0.25) is 9.89 Å². The number of nitrogens with zero attached hydrogens (tertiary/aromatic N) is 2. The van der Waals surface area contributed by atoms with E-state index in [4.69, 9.17) is 0 Å². The first-order chi connectivity index (χ1) is 8.61. The summed E-state index contributed by atoms with van der Waals surface area (Å²) in [6.45, 7) is 5.93. The van der Waals surface area contributed by atoms with E-state index in [-0.39, 0.29) is 11.7 Å². The third-order valence-electron chi connectivity index (χ3n) is 2.92. The van der Waals surface area contributed by atoms with Crippen LogP contribution >= 0.6 is 0 Å². The van der Waals surface area contributed by atoms with Gasteiger partial charge in [0.2, 0.25) is 5.82 Å². The number of aromatic nitrogens is 3. The summed E-state index contributed by atoms with van der Waals surface area (Å²) < 4.78 is 0. The first-order valence-electron chi connectivity index (χ1n) is 5.90. The molecule has 1 aromatic carbocycles. The van der Waals surface area contributed by atoms with Crippen LogP contribution in [0.3, 0.4) is 0 Å². The molecule has 94 valence electrons. The van der Waals surface area contributed by atoms with Gasteiger partial charge in [0.1, 0.15) is 5.82 Å². The summed E-state index contributed by atoms with van der Waals surface area (Å²) in [7, 11) is 0. The smallest absolute Gasteiger partial charge is 0.295 e. The minimum Gasteiger partial charge on any atom is -0.319 e. The van der Waals surface area contributed by atoms with Crippen molar-refractivity contribution in [3.8, 4) is 0 Å². The van der Waals surface area contributed by atoms with E-state index >= 15 is 0 Å². The quantitative estimate of drug-likeness (QED) is 0.869. The third kappa shape index (κ3) is 2.40. The number of aromatic amines is 1. The second-order valence-electron chi connectivity index (χ2n) is 4.16. The number of amides is 1. The van der Waals surface area contributed by atoms with Crippen molar-refractivity contribution in [2.45, 2.75) is 27.2 Å². The zero-order valence-electron chi connectivity index (χ0n) is 10.7. The van der Waals surface area contributed by atoms with Gasteiger partial charge in [0.05, 0.1) is 0 Å². The summed E-state index contributed by atoms with van der Waals surface area (Å²) in [5.41, 5.74) is 2.98. The van der Waals surface area contributed by atoms with Crippen LogP contribution in [0.4, 0.5) is 5.69 Å². The van der Waals surface area contributed by atoms with Crippen LogP contribution in [0.2, 0.25) is 0 Å². The number of anilines is 1. The van der Waals surface area contributed by atoms with Gasteiger partial charge in [-0.25, -0.2) is 4.98 Å². The Kier molecular flexibility index (Phi) is 3.41. The average molecular weight is 244 g/mol. The second kappa shape index (κ2) is 5.00. The van der Waals surface area contributed by atoms with Crippen LogP contribution in [-0.2, 0) is 6.42 Å². The molecule has 0 saturated carbocycles. The zero-order chi connectivity index (χ0) is 13.1. The number of H-pyrrole nitrogens is 1. The van der Waals surface area contributed by atoms with Gasteiger partial charge < -0.3 is 5.32 Å². The van der Waals surface area contributed by atoms with Gasteiger partial charge in [-0.15, -0.1) is 5.10 Å². The number of hydrogen-bond donors (Lipinski definition) is 2. The molecule has 2 aromatic rings. The summed E-state index contributed by atoms with van der Waals surface area (Å²) in [6, 6.07) is 5.79. The highest BCUT2D eigenvalue weighted by Crippen LogP contribution is 2.18. The van der Waals surface area contributed by atoms with Crippen LogP contribution < -0.4 is 5.32 Å². The second-order valence-corrected chi connectivity index (χ2v) is 4.16. The Morgan fingerprint density at radius 1 is 1.39 bits per heavy atom. The molecule has 0 spiro atoms. The number of rotatable bonds is 3. The molecule has 5 nitrogen and oxygen atoms in total. The lowest BCUT2D eigenvalue weighted by molar-refractivity contribution is 0.101. The molecule has 0 radical (unpaired) electrons. The van der Waals surface area contributed by atoms with Crippen molar-refractivity contribution >= 4 is 11.6 Å². The largest absolute Gasteiger partial charge is 0.319 e. The summed E-state index contributed by atoms with van der Waals surface area (Å²) >= 11 is 0. The molecule has 1 aromatic heterocycles. The summed E-state index contributed by atoms with van der Waals surface area (Å²) in [5.74, 6) is 0.591. The van der Waals surface area contributed by atoms with E-state index in [2.05, 4.69) is 20.5 Å². The normalized spacial score (nSPS) is 10.4. The molecular formula is C13H16N4O. The van der Waals surface area contributed by atoms with Crippen molar-refractivity contribution in [3.05, 3.63) is 41.0 Å². The summed E-state index contributed by atoms with van der Waals surface area (Å²) in [6.07, 6.45) is 0.726. The van der Waals surface area contributed by atoms with Crippen LogP contribution in [0.15, 0.2) is 18.2 Å². The Morgan fingerprint density at radius 3 is 2.83 bits per heavy atom. The lowest BCUT2D eigenvalue weighted by atomic mass is 10.1. The molecule has 5 heteroatoms. The molecule has 2 rings (SSSR count). The van der Waals surface area contributed by atoms with E-state index in [9.17, 15) is 4.79 Å². The van der Waals surface area contributed by atoms with Crippen LogP contribution in [0.5, 0.6) is 0 Å². The predicted octanol–water partition coefficient (Wildman–Crippen LogP) is 2.24. The Balaban J connectivity index is 2.18. The predicted molar refractivity (Wildman–Crippen MR) is 69.6 cm³/mol. The van der Waals surface area contributed by atoms with E-state index in [0.29, 0.717) is 5.82 Å². The molecule has 0 unspecified atom stereocenters. The van der Waals surface area contributed by atoms with Gasteiger partial charge in [0.25, 0.3) is 5.91 Å².